The van der Waals surface area contributed by atoms with Crippen LogP contribution in [0.15, 0.2) is 16.9 Å². The number of aromatic amines is 1. The summed E-state index contributed by atoms with van der Waals surface area (Å²) in [6.45, 7) is 0. The Morgan fingerprint density at radius 1 is 1.22 bits per heavy atom. The molecule has 0 saturated heterocycles. The van der Waals surface area contributed by atoms with Gasteiger partial charge in [-0.3, -0.25) is 14.0 Å². The third kappa shape index (κ3) is 2.85. The Hall–Kier alpha value is -2.90. The Balaban J connectivity index is 2.01. The molecule has 1 N–H and O–H groups in total. The normalized spacial score (nSPS) is 15.4. The molecule has 2 aromatic heterocycles. The van der Waals surface area contributed by atoms with Crippen molar-refractivity contribution in [2.45, 2.75) is 38.0 Å². The van der Waals surface area contributed by atoms with Crippen molar-refractivity contribution in [1.82, 2.24) is 24.5 Å². The Bertz CT molecular complexity index is 1080. The van der Waals surface area contributed by atoms with Crippen LogP contribution in [0.4, 0.5) is 0 Å². The van der Waals surface area contributed by atoms with Crippen molar-refractivity contribution < 1.29 is 9.53 Å². The molecule has 0 radical (unpaired) electrons. The minimum absolute atomic E-state index is 0.189. The zero-order valence-electron chi connectivity index (χ0n) is 15.8. The first-order chi connectivity index (χ1) is 13.0. The number of carbonyl (C=O) groups excluding carboxylic acids is 1. The van der Waals surface area contributed by atoms with Crippen molar-refractivity contribution in [2.24, 2.45) is 0 Å². The van der Waals surface area contributed by atoms with Crippen LogP contribution in [0.3, 0.4) is 0 Å². The first-order valence-electron chi connectivity index (χ1n) is 9.22. The maximum Gasteiger partial charge on any atom is 0.294 e. The Kier molecular flexibility index (Phi) is 4.33. The van der Waals surface area contributed by atoms with E-state index in [1.165, 1.54) is 18.4 Å². The number of H-pyrrole nitrogens is 1. The number of fused-ring (bicyclic) bond motifs is 3. The lowest BCUT2D eigenvalue weighted by Gasteiger charge is -2.20. The molecule has 1 aliphatic rings. The van der Waals surface area contributed by atoms with Crippen LogP contribution >= 0.6 is 0 Å². The monoisotopic (exact) mass is 369 g/mol. The molecule has 1 aliphatic carbocycles. The van der Waals surface area contributed by atoms with Gasteiger partial charge >= 0.3 is 0 Å². The minimum Gasteiger partial charge on any atom is -0.496 e. The van der Waals surface area contributed by atoms with E-state index >= 15 is 0 Å². The van der Waals surface area contributed by atoms with Crippen LogP contribution in [0.25, 0.3) is 16.7 Å². The van der Waals surface area contributed by atoms with E-state index in [4.69, 9.17) is 4.74 Å². The van der Waals surface area contributed by atoms with Crippen molar-refractivity contribution in [2.75, 3.05) is 21.2 Å². The van der Waals surface area contributed by atoms with Crippen LogP contribution in [0, 0.1) is 0 Å². The van der Waals surface area contributed by atoms with Crippen LogP contribution in [0.2, 0.25) is 0 Å². The number of nitrogens with one attached hydrogen (secondary N) is 1. The first-order valence-corrected chi connectivity index (χ1v) is 9.22. The predicted molar refractivity (Wildman–Crippen MR) is 102 cm³/mol. The molecule has 1 aromatic carbocycles. The highest BCUT2D eigenvalue weighted by Gasteiger charge is 2.24. The lowest BCUT2D eigenvalue weighted by Crippen LogP contribution is -2.23. The third-order valence-electron chi connectivity index (χ3n) is 5.30. The molecule has 27 heavy (non-hydrogen) atoms. The zero-order valence-corrected chi connectivity index (χ0v) is 15.8. The molecule has 142 valence electrons. The molecule has 1 fully saturated rings. The van der Waals surface area contributed by atoms with Crippen LogP contribution < -0.4 is 10.3 Å². The van der Waals surface area contributed by atoms with Gasteiger partial charge in [0, 0.05) is 26.1 Å². The lowest BCUT2D eigenvalue weighted by atomic mass is 9.89. The van der Waals surface area contributed by atoms with E-state index in [0.29, 0.717) is 16.8 Å². The van der Waals surface area contributed by atoms with E-state index in [-0.39, 0.29) is 23.0 Å². The zero-order chi connectivity index (χ0) is 19.1. The van der Waals surface area contributed by atoms with Crippen molar-refractivity contribution >= 4 is 22.6 Å². The molecule has 0 aliphatic heterocycles. The second kappa shape index (κ2) is 6.68. The highest BCUT2D eigenvalue weighted by Crippen LogP contribution is 2.33. The summed E-state index contributed by atoms with van der Waals surface area (Å²) in [5, 5.41) is 8.49. The van der Waals surface area contributed by atoms with Crippen molar-refractivity contribution in [1.29, 1.82) is 0 Å². The largest absolute Gasteiger partial charge is 0.496 e. The number of aromatic nitrogens is 4. The van der Waals surface area contributed by atoms with E-state index in [2.05, 4.69) is 15.2 Å². The van der Waals surface area contributed by atoms with E-state index in [1.807, 2.05) is 4.40 Å². The quantitative estimate of drug-likeness (QED) is 0.765. The Labute approximate surface area is 156 Å². The molecule has 0 atom stereocenters. The number of hydrogen-bond donors (Lipinski definition) is 1. The molecule has 0 spiro atoms. The van der Waals surface area contributed by atoms with Crippen LogP contribution in [0.5, 0.6) is 5.75 Å². The van der Waals surface area contributed by atoms with Gasteiger partial charge in [-0.2, -0.15) is 0 Å². The molecule has 0 unspecified atom stereocenters. The maximum atomic E-state index is 12.6. The first kappa shape index (κ1) is 17.5. The molecule has 8 heteroatoms. The SMILES string of the molecule is COc1cc2c(cc1C(=O)N(C)C)[nH]c(=O)c1nnc(C3CCCCC3)n12. The summed E-state index contributed by atoms with van der Waals surface area (Å²) >= 11 is 0. The van der Waals surface area contributed by atoms with E-state index < -0.39 is 0 Å². The smallest absolute Gasteiger partial charge is 0.294 e. The fourth-order valence-corrected chi connectivity index (χ4v) is 3.92. The van der Waals surface area contributed by atoms with Gasteiger partial charge in [0.1, 0.15) is 11.6 Å². The van der Waals surface area contributed by atoms with Gasteiger partial charge in [-0.25, -0.2) is 0 Å². The molecule has 1 saturated carbocycles. The molecule has 1 amide bonds. The number of ether oxygens (including phenoxy) is 1. The standard InChI is InChI=1S/C19H23N5O3/c1-23(2)19(26)12-9-13-14(10-15(12)27-3)24-16(11-7-5-4-6-8-11)21-22-17(24)18(25)20-13/h9-11H,4-8H2,1-3H3,(H,20,25). The number of amides is 1. The van der Waals surface area contributed by atoms with Crippen molar-refractivity contribution in [3.8, 4) is 5.75 Å². The van der Waals surface area contributed by atoms with Crippen LogP contribution in [-0.2, 0) is 0 Å². The average Bonchev–Trinajstić information content (AvgIpc) is 3.13. The second-order valence-corrected chi connectivity index (χ2v) is 7.28. The molecule has 4 rings (SSSR count). The molecular weight excluding hydrogens is 346 g/mol. The van der Waals surface area contributed by atoms with Crippen LogP contribution in [0.1, 0.15) is 54.2 Å². The number of nitrogens with zero attached hydrogens (tertiary/aromatic N) is 4. The van der Waals surface area contributed by atoms with E-state index in [9.17, 15) is 9.59 Å². The van der Waals surface area contributed by atoms with Gasteiger partial charge in [-0.15, -0.1) is 10.2 Å². The van der Waals surface area contributed by atoms with Gasteiger partial charge in [-0.1, -0.05) is 19.3 Å². The molecule has 3 aromatic rings. The molecule has 0 bridgehead atoms. The van der Waals surface area contributed by atoms with Gasteiger partial charge in [-0.05, 0) is 18.9 Å². The maximum absolute atomic E-state index is 12.6. The third-order valence-corrected chi connectivity index (χ3v) is 5.30. The Morgan fingerprint density at radius 3 is 2.63 bits per heavy atom. The molecular formula is C19H23N5O3. The summed E-state index contributed by atoms with van der Waals surface area (Å²) in [4.78, 5) is 29.4. The molecule has 2 heterocycles. The van der Waals surface area contributed by atoms with E-state index in [0.717, 1.165) is 37.0 Å². The van der Waals surface area contributed by atoms with Crippen molar-refractivity contribution in [3.05, 3.63) is 33.9 Å². The van der Waals surface area contributed by atoms with E-state index in [1.54, 1.807) is 26.2 Å². The Morgan fingerprint density at radius 2 is 1.96 bits per heavy atom. The predicted octanol–water partition coefficient (Wildman–Crippen LogP) is 2.33. The summed E-state index contributed by atoms with van der Waals surface area (Å²) < 4.78 is 7.30. The lowest BCUT2D eigenvalue weighted by molar-refractivity contribution is 0.0824. The second-order valence-electron chi connectivity index (χ2n) is 7.28. The highest BCUT2D eigenvalue weighted by molar-refractivity contribution is 6.00. The van der Waals surface area contributed by atoms with Gasteiger partial charge in [0.15, 0.2) is 0 Å². The number of methoxy groups -OCH3 is 1. The number of carbonyl (C=O) groups is 1. The highest BCUT2D eigenvalue weighted by atomic mass is 16.5. The summed E-state index contributed by atoms with van der Waals surface area (Å²) in [6, 6.07) is 3.45. The fraction of sp³-hybridized carbons (Fsp3) is 0.474. The summed E-state index contributed by atoms with van der Waals surface area (Å²) in [5.41, 5.74) is 1.66. The number of rotatable bonds is 3. The summed E-state index contributed by atoms with van der Waals surface area (Å²) in [6.07, 6.45) is 5.64. The van der Waals surface area contributed by atoms with Crippen molar-refractivity contribution in [3.63, 3.8) is 0 Å². The summed E-state index contributed by atoms with van der Waals surface area (Å²) in [5.74, 6) is 1.37. The number of benzene rings is 1. The fourth-order valence-electron chi connectivity index (χ4n) is 3.92. The van der Waals surface area contributed by atoms with Gasteiger partial charge in [0.2, 0.25) is 5.65 Å². The van der Waals surface area contributed by atoms with Crippen LogP contribution in [-0.4, -0.2) is 51.6 Å². The molecule has 8 nitrogen and oxygen atoms in total. The topological polar surface area (TPSA) is 92.6 Å². The van der Waals surface area contributed by atoms with Gasteiger partial charge < -0.3 is 14.6 Å². The van der Waals surface area contributed by atoms with Gasteiger partial charge in [0.25, 0.3) is 11.5 Å². The minimum atomic E-state index is -0.314. The van der Waals surface area contributed by atoms with Gasteiger partial charge in [0.05, 0.1) is 23.7 Å². The summed E-state index contributed by atoms with van der Waals surface area (Å²) in [7, 11) is 4.89. The average molecular weight is 369 g/mol. The number of hydrogen-bond acceptors (Lipinski definition) is 5.